The molecule has 1 aromatic carbocycles. The highest BCUT2D eigenvalue weighted by molar-refractivity contribution is 6.06. The predicted octanol–water partition coefficient (Wildman–Crippen LogP) is 2.62. The minimum absolute atomic E-state index is 0.0484. The molecule has 0 saturated carbocycles. The number of nitrogens with one attached hydrogen (secondary N) is 1. The molecule has 0 aliphatic carbocycles. The summed E-state index contributed by atoms with van der Waals surface area (Å²) >= 11 is 0. The molecule has 0 spiro atoms. The number of pyridine rings is 1. The van der Waals surface area contributed by atoms with E-state index in [2.05, 4.69) is 31.1 Å². The molecule has 2 aromatic rings. The second kappa shape index (κ2) is 7.28. The fourth-order valence-electron chi connectivity index (χ4n) is 2.90. The van der Waals surface area contributed by atoms with Crippen LogP contribution in [0, 0.1) is 5.92 Å². The SMILES string of the molecule is CC(C)CNC(=O)c1cc([C@@H]2CN(C)CCO2)nc2ccccc12. The first kappa shape index (κ1) is 16.9. The van der Waals surface area contributed by atoms with Gasteiger partial charge in [-0.2, -0.15) is 0 Å². The van der Waals surface area contributed by atoms with Gasteiger partial charge in [0.05, 0.1) is 23.4 Å². The summed E-state index contributed by atoms with van der Waals surface area (Å²) in [6, 6.07) is 9.67. The molecule has 1 amide bonds. The standard InChI is InChI=1S/C19H25N3O2/c1-13(2)11-20-19(23)15-10-17(18-12-22(3)8-9-24-18)21-16-7-5-4-6-14(15)16/h4-7,10,13,18H,8-9,11-12H2,1-3H3,(H,20,23)/t18-/m0/s1. The van der Waals surface area contributed by atoms with Crippen molar-refractivity contribution in [2.24, 2.45) is 5.92 Å². The zero-order chi connectivity index (χ0) is 17.1. The van der Waals surface area contributed by atoms with Crippen LogP contribution in [0.4, 0.5) is 0 Å². The van der Waals surface area contributed by atoms with E-state index in [1.54, 1.807) is 0 Å². The number of hydrogen-bond donors (Lipinski definition) is 1. The summed E-state index contributed by atoms with van der Waals surface area (Å²) in [5.74, 6) is 0.365. The summed E-state index contributed by atoms with van der Waals surface area (Å²) in [6.45, 7) is 7.23. The molecule has 5 nitrogen and oxygen atoms in total. The lowest BCUT2D eigenvalue weighted by Crippen LogP contribution is -2.36. The minimum atomic E-state index is -0.0926. The quantitative estimate of drug-likeness (QED) is 0.938. The highest BCUT2D eigenvalue weighted by Crippen LogP contribution is 2.25. The van der Waals surface area contributed by atoms with Crippen molar-refractivity contribution in [2.75, 3.05) is 33.3 Å². The smallest absolute Gasteiger partial charge is 0.252 e. The first-order valence-corrected chi connectivity index (χ1v) is 8.52. The van der Waals surface area contributed by atoms with Crippen LogP contribution in [0.3, 0.4) is 0 Å². The summed E-state index contributed by atoms with van der Waals surface area (Å²) in [6.07, 6.45) is -0.0926. The van der Waals surface area contributed by atoms with Gasteiger partial charge >= 0.3 is 0 Å². The molecule has 2 heterocycles. The molecule has 1 saturated heterocycles. The number of likely N-dealkylation sites (N-methyl/N-ethyl adjacent to an activating group) is 1. The van der Waals surface area contributed by atoms with Crippen molar-refractivity contribution in [1.29, 1.82) is 0 Å². The molecule has 24 heavy (non-hydrogen) atoms. The van der Waals surface area contributed by atoms with E-state index in [0.29, 0.717) is 24.6 Å². The van der Waals surface area contributed by atoms with E-state index < -0.39 is 0 Å². The van der Waals surface area contributed by atoms with Crippen LogP contribution in [0.1, 0.15) is 36.0 Å². The average Bonchev–Trinajstić information content (AvgIpc) is 2.58. The molecule has 128 valence electrons. The number of carbonyl (C=O) groups is 1. The molecule has 1 atom stereocenters. The summed E-state index contributed by atoms with van der Waals surface area (Å²) < 4.78 is 5.88. The Morgan fingerprint density at radius 3 is 2.96 bits per heavy atom. The number of aromatic nitrogens is 1. The zero-order valence-corrected chi connectivity index (χ0v) is 14.6. The van der Waals surface area contributed by atoms with E-state index in [0.717, 1.165) is 29.7 Å². The molecule has 5 heteroatoms. The summed E-state index contributed by atoms with van der Waals surface area (Å²) in [7, 11) is 2.08. The number of rotatable bonds is 4. The molecule has 1 aliphatic heterocycles. The summed E-state index contributed by atoms with van der Waals surface area (Å²) in [4.78, 5) is 19.6. The van der Waals surface area contributed by atoms with Gasteiger partial charge in [-0.05, 0) is 25.1 Å². The van der Waals surface area contributed by atoms with E-state index in [4.69, 9.17) is 9.72 Å². The van der Waals surface area contributed by atoms with Gasteiger partial charge in [0.25, 0.3) is 5.91 Å². The maximum Gasteiger partial charge on any atom is 0.252 e. The molecular weight excluding hydrogens is 302 g/mol. The molecule has 1 N–H and O–H groups in total. The van der Waals surface area contributed by atoms with Gasteiger partial charge in [-0.15, -0.1) is 0 Å². The van der Waals surface area contributed by atoms with Crippen LogP contribution >= 0.6 is 0 Å². The maximum atomic E-state index is 12.7. The molecule has 3 rings (SSSR count). The lowest BCUT2D eigenvalue weighted by atomic mass is 10.0. The molecule has 1 aliphatic rings. The van der Waals surface area contributed by atoms with Crippen molar-refractivity contribution in [3.63, 3.8) is 0 Å². The first-order chi connectivity index (χ1) is 11.5. The van der Waals surface area contributed by atoms with Crippen LogP contribution in [0.15, 0.2) is 30.3 Å². The van der Waals surface area contributed by atoms with Gasteiger partial charge < -0.3 is 15.0 Å². The number of fused-ring (bicyclic) bond motifs is 1. The third-order valence-corrected chi connectivity index (χ3v) is 4.25. The molecule has 0 radical (unpaired) electrons. The van der Waals surface area contributed by atoms with E-state index in [-0.39, 0.29) is 12.0 Å². The van der Waals surface area contributed by atoms with Crippen molar-refractivity contribution in [2.45, 2.75) is 20.0 Å². The third kappa shape index (κ3) is 3.74. The van der Waals surface area contributed by atoms with Crippen LogP contribution in [0.2, 0.25) is 0 Å². The number of amides is 1. The first-order valence-electron chi connectivity index (χ1n) is 8.52. The monoisotopic (exact) mass is 327 g/mol. The van der Waals surface area contributed by atoms with Gasteiger partial charge in [-0.3, -0.25) is 4.79 Å². The molecule has 1 aromatic heterocycles. The second-order valence-electron chi connectivity index (χ2n) is 6.84. The van der Waals surface area contributed by atoms with Crippen molar-refractivity contribution >= 4 is 16.8 Å². The van der Waals surface area contributed by atoms with Crippen LogP contribution < -0.4 is 5.32 Å². The fourth-order valence-corrected chi connectivity index (χ4v) is 2.90. The normalized spacial score (nSPS) is 18.9. The average molecular weight is 327 g/mol. The molecule has 1 fully saturated rings. The molecule has 0 bridgehead atoms. The molecule has 0 unspecified atom stereocenters. The van der Waals surface area contributed by atoms with Gasteiger partial charge in [0.1, 0.15) is 6.10 Å². The Hall–Kier alpha value is -1.98. The van der Waals surface area contributed by atoms with Crippen molar-refractivity contribution < 1.29 is 9.53 Å². The maximum absolute atomic E-state index is 12.7. The minimum Gasteiger partial charge on any atom is -0.369 e. The number of ether oxygens (including phenoxy) is 1. The van der Waals surface area contributed by atoms with E-state index in [1.165, 1.54) is 0 Å². The number of carbonyl (C=O) groups excluding carboxylic acids is 1. The van der Waals surface area contributed by atoms with Crippen molar-refractivity contribution in [3.8, 4) is 0 Å². The highest BCUT2D eigenvalue weighted by atomic mass is 16.5. The van der Waals surface area contributed by atoms with Crippen LogP contribution in [-0.4, -0.2) is 49.1 Å². The van der Waals surface area contributed by atoms with Gasteiger partial charge in [-0.1, -0.05) is 32.0 Å². The largest absolute Gasteiger partial charge is 0.369 e. The Labute approximate surface area is 143 Å². The fraction of sp³-hybridized carbons (Fsp3) is 0.474. The lowest BCUT2D eigenvalue weighted by Gasteiger charge is -2.30. The van der Waals surface area contributed by atoms with E-state index >= 15 is 0 Å². The van der Waals surface area contributed by atoms with Crippen molar-refractivity contribution in [1.82, 2.24) is 15.2 Å². The lowest BCUT2D eigenvalue weighted by molar-refractivity contribution is -0.0229. The van der Waals surface area contributed by atoms with Crippen LogP contribution in [-0.2, 0) is 4.74 Å². The van der Waals surface area contributed by atoms with Gasteiger partial charge in [0, 0.05) is 25.0 Å². The number of benzene rings is 1. The Morgan fingerprint density at radius 2 is 2.21 bits per heavy atom. The van der Waals surface area contributed by atoms with Gasteiger partial charge in [0.2, 0.25) is 0 Å². The summed E-state index contributed by atoms with van der Waals surface area (Å²) in [5.41, 5.74) is 2.34. The second-order valence-corrected chi connectivity index (χ2v) is 6.84. The van der Waals surface area contributed by atoms with E-state index in [9.17, 15) is 4.79 Å². The van der Waals surface area contributed by atoms with Gasteiger partial charge in [-0.25, -0.2) is 4.98 Å². The Bertz CT molecular complexity index is 730. The summed E-state index contributed by atoms with van der Waals surface area (Å²) in [5, 5.41) is 3.89. The Balaban J connectivity index is 1.98. The van der Waals surface area contributed by atoms with Crippen LogP contribution in [0.25, 0.3) is 10.9 Å². The van der Waals surface area contributed by atoms with Crippen molar-refractivity contribution in [3.05, 3.63) is 41.6 Å². The number of para-hydroxylation sites is 1. The molecular formula is C19H25N3O2. The number of morpholine rings is 1. The highest BCUT2D eigenvalue weighted by Gasteiger charge is 2.23. The Kier molecular flexibility index (Phi) is 5.11. The number of hydrogen-bond acceptors (Lipinski definition) is 4. The third-order valence-electron chi connectivity index (χ3n) is 4.25. The topological polar surface area (TPSA) is 54.5 Å². The van der Waals surface area contributed by atoms with Crippen LogP contribution in [0.5, 0.6) is 0 Å². The van der Waals surface area contributed by atoms with E-state index in [1.807, 2.05) is 30.3 Å². The zero-order valence-electron chi connectivity index (χ0n) is 14.6. The van der Waals surface area contributed by atoms with Gasteiger partial charge in [0.15, 0.2) is 0 Å². The number of nitrogens with zero attached hydrogens (tertiary/aromatic N) is 2. The Morgan fingerprint density at radius 1 is 1.42 bits per heavy atom. The predicted molar refractivity (Wildman–Crippen MR) is 95.1 cm³/mol.